The van der Waals surface area contributed by atoms with Crippen molar-refractivity contribution < 1.29 is 9.59 Å². The molecule has 0 aromatic heterocycles. The summed E-state index contributed by atoms with van der Waals surface area (Å²) in [6, 6.07) is -0.834. The smallest absolute Gasteiger partial charge is 0.244 e. The van der Waals surface area contributed by atoms with E-state index in [2.05, 4.69) is 0 Å². The van der Waals surface area contributed by atoms with Crippen molar-refractivity contribution in [1.29, 1.82) is 0 Å². The lowest BCUT2D eigenvalue weighted by Gasteiger charge is -2.27. The first-order valence-electron chi connectivity index (χ1n) is 5.22. The van der Waals surface area contributed by atoms with E-state index < -0.39 is 6.04 Å². The molecule has 1 aliphatic heterocycles. The summed E-state index contributed by atoms with van der Waals surface area (Å²) in [5.74, 6) is -0.144. The fourth-order valence-electron chi connectivity index (χ4n) is 1.85. The van der Waals surface area contributed by atoms with Gasteiger partial charge in [0.05, 0.1) is 6.04 Å². The molecule has 0 saturated carbocycles. The maximum atomic E-state index is 11.8. The predicted molar refractivity (Wildman–Crippen MR) is 57.1 cm³/mol. The minimum Gasteiger partial charge on any atom is -0.347 e. The van der Waals surface area contributed by atoms with Crippen LogP contribution in [0.1, 0.15) is 19.8 Å². The van der Waals surface area contributed by atoms with Crippen LogP contribution in [0.15, 0.2) is 0 Å². The van der Waals surface area contributed by atoms with E-state index in [0.29, 0.717) is 6.54 Å². The van der Waals surface area contributed by atoms with E-state index in [1.54, 1.807) is 25.9 Å². The molecule has 1 aliphatic rings. The molecular weight excluding hydrogens is 194 g/mol. The van der Waals surface area contributed by atoms with Crippen molar-refractivity contribution in [3.8, 4) is 0 Å². The zero-order chi connectivity index (χ0) is 11.6. The van der Waals surface area contributed by atoms with E-state index in [4.69, 9.17) is 5.73 Å². The van der Waals surface area contributed by atoms with Crippen molar-refractivity contribution in [3.05, 3.63) is 0 Å². The van der Waals surface area contributed by atoms with Gasteiger partial charge in [0.1, 0.15) is 6.04 Å². The van der Waals surface area contributed by atoms with E-state index in [1.165, 1.54) is 4.90 Å². The van der Waals surface area contributed by atoms with Crippen LogP contribution in [0, 0.1) is 0 Å². The Morgan fingerprint density at radius 2 is 2.07 bits per heavy atom. The maximum absolute atomic E-state index is 11.8. The maximum Gasteiger partial charge on any atom is 0.244 e. The molecule has 1 rings (SSSR count). The molecule has 1 saturated heterocycles. The third-order valence-corrected chi connectivity index (χ3v) is 2.65. The van der Waals surface area contributed by atoms with Crippen molar-refractivity contribution in [2.45, 2.75) is 31.8 Å². The van der Waals surface area contributed by atoms with Gasteiger partial charge in [0, 0.05) is 20.6 Å². The lowest BCUT2D eigenvalue weighted by Crippen LogP contribution is -2.50. The van der Waals surface area contributed by atoms with Gasteiger partial charge in [0.25, 0.3) is 0 Å². The highest BCUT2D eigenvalue weighted by Crippen LogP contribution is 2.19. The number of rotatable bonds is 2. The van der Waals surface area contributed by atoms with Crippen LogP contribution < -0.4 is 5.73 Å². The van der Waals surface area contributed by atoms with Crippen LogP contribution in [0.5, 0.6) is 0 Å². The lowest BCUT2D eigenvalue weighted by molar-refractivity contribution is -0.142. The SMILES string of the molecule is CC(N)C(=O)N1CCCC1C(=O)N(C)C. The molecular formula is C10H19N3O2. The largest absolute Gasteiger partial charge is 0.347 e. The minimum absolute atomic E-state index is 0.0125. The first-order valence-corrected chi connectivity index (χ1v) is 5.22. The van der Waals surface area contributed by atoms with Crippen LogP contribution in [-0.4, -0.2) is 54.3 Å². The number of nitrogens with two attached hydrogens (primary N) is 1. The van der Waals surface area contributed by atoms with Crippen LogP contribution in [0.2, 0.25) is 0 Å². The molecule has 1 fully saturated rings. The van der Waals surface area contributed by atoms with Gasteiger partial charge >= 0.3 is 0 Å². The number of likely N-dealkylation sites (N-methyl/N-ethyl adjacent to an activating group) is 1. The number of carbonyl (C=O) groups is 2. The molecule has 2 N–H and O–H groups in total. The molecule has 0 aromatic rings. The van der Waals surface area contributed by atoms with Gasteiger partial charge in [0.2, 0.25) is 11.8 Å². The van der Waals surface area contributed by atoms with E-state index in [9.17, 15) is 9.59 Å². The molecule has 0 radical (unpaired) electrons. The third-order valence-electron chi connectivity index (χ3n) is 2.65. The van der Waals surface area contributed by atoms with Gasteiger partial charge in [-0.15, -0.1) is 0 Å². The Morgan fingerprint density at radius 1 is 1.47 bits per heavy atom. The molecule has 0 spiro atoms. The summed E-state index contributed by atoms with van der Waals surface area (Å²) < 4.78 is 0. The van der Waals surface area contributed by atoms with Gasteiger partial charge in [-0.05, 0) is 19.8 Å². The fraction of sp³-hybridized carbons (Fsp3) is 0.800. The summed E-state index contributed by atoms with van der Waals surface area (Å²) in [5.41, 5.74) is 5.54. The summed E-state index contributed by atoms with van der Waals surface area (Å²) in [7, 11) is 3.41. The normalized spacial score (nSPS) is 22.7. The monoisotopic (exact) mass is 213 g/mol. The van der Waals surface area contributed by atoms with Gasteiger partial charge in [0.15, 0.2) is 0 Å². The van der Waals surface area contributed by atoms with Gasteiger partial charge in [-0.2, -0.15) is 0 Å². The van der Waals surface area contributed by atoms with Gasteiger partial charge in [-0.3, -0.25) is 9.59 Å². The molecule has 0 aliphatic carbocycles. The van der Waals surface area contributed by atoms with Crippen LogP contribution in [-0.2, 0) is 9.59 Å². The zero-order valence-electron chi connectivity index (χ0n) is 9.56. The summed E-state index contributed by atoms with van der Waals surface area (Å²) >= 11 is 0. The topological polar surface area (TPSA) is 66.6 Å². The minimum atomic E-state index is -0.527. The molecule has 2 unspecified atom stereocenters. The summed E-state index contributed by atoms with van der Waals surface area (Å²) in [4.78, 5) is 26.6. The first-order chi connectivity index (χ1) is 6.95. The predicted octanol–water partition coefficient (Wildman–Crippen LogP) is -0.587. The molecule has 2 atom stereocenters. The molecule has 5 heteroatoms. The number of hydrogen-bond acceptors (Lipinski definition) is 3. The molecule has 86 valence electrons. The quantitative estimate of drug-likeness (QED) is 0.667. The summed E-state index contributed by atoms with van der Waals surface area (Å²) in [5, 5.41) is 0. The van der Waals surface area contributed by atoms with Gasteiger partial charge < -0.3 is 15.5 Å². The summed E-state index contributed by atoms with van der Waals surface area (Å²) in [6.45, 7) is 2.29. The molecule has 15 heavy (non-hydrogen) atoms. The zero-order valence-corrected chi connectivity index (χ0v) is 9.56. The van der Waals surface area contributed by atoms with Gasteiger partial charge in [-0.25, -0.2) is 0 Å². The van der Waals surface area contributed by atoms with Crippen LogP contribution >= 0.6 is 0 Å². The van der Waals surface area contributed by atoms with E-state index in [1.807, 2.05) is 0 Å². The molecule has 1 heterocycles. The van der Waals surface area contributed by atoms with Crippen LogP contribution in [0.3, 0.4) is 0 Å². The fourth-order valence-corrected chi connectivity index (χ4v) is 1.85. The number of likely N-dealkylation sites (tertiary alicyclic amines) is 1. The van der Waals surface area contributed by atoms with Gasteiger partial charge in [-0.1, -0.05) is 0 Å². The standard InChI is InChI=1S/C10H19N3O2/c1-7(11)9(14)13-6-4-5-8(13)10(15)12(2)3/h7-8H,4-6,11H2,1-3H3. The average Bonchev–Trinajstić information content (AvgIpc) is 2.63. The molecule has 2 amide bonds. The number of amides is 2. The second-order valence-corrected chi connectivity index (χ2v) is 4.21. The molecule has 0 bridgehead atoms. The Kier molecular flexibility index (Phi) is 3.68. The van der Waals surface area contributed by atoms with Crippen molar-refractivity contribution in [1.82, 2.24) is 9.80 Å². The van der Waals surface area contributed by atoms with E-state index in [-0.39, 0.29) is 17.9 Å². The highest BCUT2D eigenvalue weighted by molar-refractivity contribution is 5.89. The first kappa shape index (κ1) is 12.0. The Balaban J connectivity index is 2.73. The number of carbonyl (C=O) groups excluding carboxylic acids is 2. The van der Waals surface area contributed by atoms with Crippen LogP contribution in [0.25, 0.3) is 0 Å². The van der Waals surface area contributed by atoms with E-state index >= 15 is 0 Å². The highest BCUT2D eigenvalue weighted by Gasteiger charge is 2.35. The Labute approximate surface area is 90.2 Å². The van der Waals surface area contributed by atoms with Crippen molar-refractivity contribution >= 4 is 11.8 Å². The van der Waals surface area contributed by atoms with Crippen LogP contribution in [0.4, 0.5) is 0 Å². The lowest BCUT2D eigenvalue weighted by atomic mass is 10.2. The Morgan fingerprint density at radius 3 is 2.53 bits per heavy atom. The van der Waals surface area contributed by atoms with Crippen molar-refractivity contribution in [3.63, 3.8) is 0 Å². The molecule has 0 aromatic carbocycles. The van der Waals surface area contributed by atoms with E-state index in [0.717, 1.165) is 12.8 Å². The Hall–Kier alpha value is -1.10. The number of nitrogens with zero attached hydrogens (tertiary/aromatic N) is 2. The Bertz CT molecular complexity index is 237. The number of hydrogen-bond donors (Lipinski definition) is 1. The second kappa shape index (κ2) is 4.61. The summed E-state index contributed by atoms with van der Waals surface area (Å²) in [6.07, 6.45) is 1.62. The highest BCUT2D eigenvalue weighted by atomic mass is 16.2. The molecule has 5 nitrogen and oxygen atoms in total. The van der Waals surface area contributed by atoms with Crippen molar-refractivity contribution in [2.75, 3.05) is 20.6 Å². The van der Waals surface area contributed by atoms with Crippen molar-refractivity contribution in [2.24, 2.45) is 5.73 Å². The average molecular weight is 213 g/mol. The third kappa shape index (κ3) is 2.47. The second-order valence-electron chi connectivity index (χ2n) is 4.21.